The molecule has 0 aliphatic heterocycles. The first-order chi connectivity index (χ1) is 8.65. The first kappa shape index (κ1) is 12.5. The van der Waals surface area contributed by atoms with Gasteiger partial charge < -0.3 is 9.84 Å². The SMILES string of the molecule is O=C(O)c1cnc(COc2ccc(Br)cc2)nc1. The fourth-order valence-electron chi connectivity index (χ4n) is 1.22. The minimum Gasteiger partial charge on any atom is -0.486 e. The predicted molar refractivity (Wildman–Crippen MR) is 67.5 cm³/mol. The van der Waals surface area contributed by atoms with Crippen LogP contribution < -0.4 is 4.74 Å². The van der Waals surface area contributed by atoms with E-state index in [4.69, 9.17) is 9.84 Å². The Morgan fingerprint density at radius 1 is 1.22 bits per heavy atom. The first-order valence-electron chi connectivity index (χ1n) is 5.08. The van der Waals surface area contributed by atoms with Gasteiger partial charge in [-0.1, -0.05) is 15.9 Å². The second-order valence-corrected chi connectivity index (χ2v) is 4.35. The second-order valence-electron chi connectivity index (χ2n) is 3.44. The summed E-state index contributed by atoms with van der Waals surface area (Å²) >= 11 is 3.33. The van der Waals surface area contributed by atoms with Gasteiger partial charge in [-0.3, -0.25) is 0 Å². The van der Waals surface area contributed by atoms with E-state index in [0.29, 0.717) is 11.6 Å². The lowest BCUT2D eigenvalue weighted by atomic mass is 10.3. The third kappa shape index (κ3) is 3.27. The van der Waals surface area contributed by atoms with E-state index in [-0.39, 0.29) is 12.2 Å². The van der Waals surface area contributed by atoms with Gasteiger partial charge in [-0.05, 0) is 24.3 Å². The van der Waals surface area contributed by atoms with Crippen molar-refractivity contribution in [2.75, 3.05) is 0 Å². The van der Waals surface area contributed by atoms with E-state index in [1.165, 1.54) is 12.4 Å². The highest BCUT2D eigenvalue weighted by Gasteiger charge is 2.04. The van der Waals surface area contributed by atoms with Crippen molar-refractivity contribution in [1.82, 2.24) is 9.97 Å². The standard InChI is InChI=1S/C12H9BrN2O3/c13-9-1-3-10(4-2-9)18-7-11-14-5-8(6-15-11)12(16)17/h1-6H,7H2,(H,16,17). The number of hydrogen-bond acceptors (Lipinski definition) is 4. The van der Waals surface area contributed by atoms with Crippen molar-refractivity contribution in [2.45, 2.75) is 6.61 Å². The lowest BCUT2D eigenvalue weighted by molar-refractivity contribution is 0.0695. The van der Waals surface area contributed by atoms with Gasteiger partial charge in [-0.2, -0.15) is 0 Å². The van der Waals surface area contributed by atoms with E-state index in [1.54, 1.807) is 0 Å². The van der Waals surface area contributed by atoms with E-state index < -0.39 is 5.97 Å². The van der Waals surface area contributed by atoms with Gasteiger partial charge in [-0.25, -0.2) is 14.8 Å². The third-order valence-corrected chi connectivity index (χ3v) is 2.66. The topological polar surface area (TPSA) is 72.3 Å². The van der Waals surface area contributed by atoms with Crippen LogP contribution in [0.3, 0.4) is 0 Å². The van der Waals surface area contributed by atoms with Crippen LogP contribution >= 0.6 is 15.9 Å². The Balaban J connectivity index is 1.97. The fourth-order valence-corrected chi connectivity index (χ4v) is 1.48. The summed E-state index contributed by atoms with van der Waals surface area (Å²) in [5, 5.41) is 8.69. The Kier molecular flexibility index (Phi) is 3.88. The zero-order valence-corrected chi connectivity index (χ0v) is 10.8. The van der Waals surface area contributed by atoms with Crippen molar-refractivity contribution in [3.8, 4) is 5.75 Å². The predicted octanol–water partition coefficient (Wildman–Crippen LogP) is 2.52. The molecule has 5 nitrogen and oxygen atoms in total. The quantitative estimate of drug-likeness (QED) is 0.939. The number of benzene rings is 1. The Bertz CT molecular complexity index is 540. The molecule has 1 heterocycles. The van der Waals surface area contributed by atoms with Crippen LogP contribution in [0, 0.1) is 0 Å². The van der Waals surface area contributed by atoms with Crippen molar-refractivity contribution < 1.29 is 14.6 Å². The van der Waals surface area contributed by atoms with E-state index in [0.717, 1.165) is 4.47 Å². The maximum atomic E-state index is 10.6. The summed E-state index contributed by atoms with van der Waals surface area (Å²) in [6.45, 7) is 0.196. The molecule has 0 spiro atoms. The highest BCUT2D eigenvalue weighted by atomic mass is 79.9. The average molecular weight is 309 g/mol. The number of nitrogens with zero attached hydrogens (tertiary/aromatic N) is 2. The molecule has 1 aromatic carbocycles. The van der Waals surface area contributed by atoms with Crippen LogP contribution in [0.15, 0.2) is 41.1 Å². The van der Waals surface area contributed by atoms with Gasteiger partial charge in [0.15, 0.2) is 5.82 Å². The van der Waals surface area contributed by atoms with Crippen molar-refractivity contribution in [2.24, 2.45) is 0 Å². The summed E-state index contributed by atoms with van der Waals surface area (Å²) < 4.78 is 6.42. The van der Waals surface area contributed by atoms with Gasteiger partial charge in [0.05, 0.1) is 5.56 Å². The van der Waals surface area contributed by atoms with Gasteiger partial charge in [0.25, 0.3) is 0 Å². The Morgan fingerprint density at radius 2 is 1.83 bits per heavy atom. The molecule has 0 aliphatic carbocycles. The van der Waals surface area contributed by atoms with Crippen LogP contribution in [-0.2, 0) is 6.61 Å². The molecule has 1 N–H and O–H groups in total. The zero-order chi connectivity index (χ0) is 13.0. The number of ether oxygens (including phenoxy) is 1. The molecule has 0 bridgehead atoms. The summed E-state index contributed by atoms with van der Waals surface area (Å²) in [7, 11) is 0. The van der Waals surface area contributed by atoms with Crippen LogP contribution in [0.2, 0.25) is 0 Å². The summed E-state index contributed by atoms with van der Waals surface area (Å²) in [6, 6.07) is 7.36. The van der Waals surface area contributed by atoms with Crippen molar-refractivity contribution in [3.63, 3.8) is 0 Å². The van der Waals surface area contributed by atoms with Crippen LogP contribution in [0.4, 0.5) is 0 Å². The van der Waals surface area contributed by atoms with E-state index in [1.807, 2.05) is 24.3 Å². The largest absolute Gasteiger partial charge is 0.486 e. The van der Waals surface area contributed by atoms with Gasteiger partial charge in [0.1, 0.15) is 12.4 Å². The number of rotatable bonds is 4. The Morgan fingerprint density at radius 3 is 2.39 bits per heavy atom. The molecule has 0 saturated heterocycles. The summed E-state index contributed by atoms with van der Waals surface area (Å²) in [6.07, 6.45) is 2.52. The highest BCUT2D eigenvalue weighted by Crippen LogP contribution is 2.16. The zero-order valence-electron chi connectivity index (χ0n) is 9.21. The molecule has 2 rings (SSSR count). The molecule has 18 heavy (non-hydrogen) atoms. The summed E-state index contributed by atoms with van der Waals surface area (Å²) in [4.78, 5) is 18.4. The van der Waals surface area contributed by atoms with Crippen molar-refractivity contribution in [3.05, 3.63) is 52.5 Å². The minimum atomic E-state index is -1.05. The lowest BCUT2D eigenvalue weighted by Crippen LogP contribution is -2.04. The molecule has 0 aliphatic rings. The Hall–Kier alpha value is -1.95. The van der Waals surface area contributed by atoms with Crippen molar-refractivity contribution >= 4 is 21.9 Å². The van der Waals surface area contributed by atoms with Crippen LogP contribution in [0.1, 0.15) is 16.2 Å². The molecular weight excluding hydrogens is 300 g/mol. The monoisotopic (exact) mass is 308 g/mol. The molecule has 0 unspecified atom stereocenters. The second kappa shape index (κ2) is 5.59. The molecular formula is C12H9BrN2O3. The van der Waals surface area contributed by atoms with Crippen LogP contribution in [-0.4, -0.2) is 21.0 Å². The minimum absolute atomic E-state index is 0.0578. The number of halogens is 1. The normalized spacial score (nSPS) is 10.1. The summed E-state index contributed by atoms with van der Waals surface area (Å²) in [5.41, 5.74) is 0.0578. The number of carboxylic acid groups (broad SMARTS) is 1. The molecule has 0 atom stereocenters. The number of aromatic nitrogens is 2. The molecule has 92 valence electrons. The Labute approximate surface area is 112 Å². The number of carbonyl (C=O) groups is 1. The summed E-state index contributed by atoms with van der Waals surface area (Å²) in [5.74, 6) is 0.0856. The molecule has 0 radical (unpaired) electrons. The third-order valence-electron chi connectivity index (χ3n) is 2.13. The smallest absolute Gasteiger partial charge is 0.338 e. The average Bonchev–Trinajstić information content (AvgIpc) is 2.38. The van der Waals surface area contributed by atoms with Gasteiger partial charge in [0.2, 0.25) is 0 Å². The fraction of sp³-hybridized carbons (Fsp3) is 0.0833. The molecule has 0 saturated carbocycles. The number of hydrogen-bond donors (Lipinski definition) is 1. The number of aromatic carboxylic acids is 1. The van der Waals surface area contributed by atoms with Crippen LogP contribution in [0.5, 0.6) is 5.75 Å². The van der Waals surface area contributed by atoms with E-state index in [9.17, 15) is 4.79 Å². The highest BCUT2D eigenvalue weighted by molar-refractivity contribution is 9.10. The van der Waals surface area contributed by atoms with Gasteiger partial charge in [0, 0.05) is 16.9 Å². The van der Waals surface area contributed by atoms with Crippen LogP contribution in [0.25, 0.3) is 0 Å². The molecule has 2 aromatic rings. The molecule has 0 fully saturated rings. The van der Waals surface area contributed by atoms with Crippen molar-refractivity contribution in [1.29, 1.82) is 0 Å². The molecule has 6 heteroatoms. The van der Waals surface area contributed by atoms with E-state index >= 15 is 0 Å². The lowest BCUT2D eigenvalue weighted by Gasteiger charge is -2.05. The van der Waals surface area contributed by atoms with E-state index in [2.05, 4.69) is 25.9 Å². The maximum Gasteiger partial charge on any atom is 0.338 e. The first-order valence-corrected chi connectivity index (χ1v) is 5.87. The van der Waals surface area contributed by atoms with Gasteiger partial charge >= 0.3 is 5.97 Å². The maximum absolute atomic E-state index is 10.6. The molecule has 1 aromatic heterocycles. The molecule has 0 amide bonds. The van der Waals surface area contributed by atoms with Gasteiger partial charge in [-0.15, -0.1) is 0 Å². The number of carboxylic acids is 1.